The van der Waals surface area contributed by atoms with Gasteiger partial charge in [0.15, 0.2) is 9.84 Å². The SMILES string of the molecule is CS(=O)(=O)[C@H](CO)[C@@H](N)c1cccc(Cl)c1. The fourth-order valence-electron chi connectivity index (χ4n) is 1.44. The Labute approximate surface area is 100.0 Å². The van der Waals surface area contributed by atoms with Gasteiger partial charge in [0.2, 0.25) is 0 Å². The highest BCUT2D eigenvalue weighted by Gasteiger charge is 2.28. The maximum Gasteiger partial charge on any atom is 0.154 e. The molecule has 0 radical (unpaired) electrons. The number of hydrogen-bond acceptors (Lipinski definition) is 4. The van der Waals surface area contributed by atoms with Crippen molar-refractivity contribution in [1.82, 2.24) is 0 Å². The molecule has 1 aromatic carbocycles. The number of rotatable bonds is 4. The van der Waals surface area contributed by atoms with Crippen LogP contribution < -0.4 is 5.73 Å². The van der Waals surface area contributed by atoms with Gasteiger partial charge < -0.3 is 10.8 Å². The van der Waals surface area contributed by atoms with E-state index in [1.54, 1.807) is 24.3 Å². The summed E-state index contributed by atoms with van der Waals surface area (Å²) in [6.45, 7) is -0.507. The summed E-state index contributed by atoms with van der Waals surface area (Å²) in [6.07, 6.45) is 1.05. The maximum atomic E-state index is 11.4. The van der Waals surface area contributed by atoms with Crippen LogP contribution in [-0.4, -0.2) is 31.6 Å². The average molecular weight is 264 g/mol. The van der Waals surface area contributed by atoms with Gasteiger partial charge in [0.05, 0.1) is 6.61 Å². The van der Waals surface area contributed by atoms with Crippen LogP contribution in [0.15, 0.2) is 24.3 Å². The van der Waals surface area contributed by atoms with Gasteiger partial charge >= 0.3 is 0 Å². The van der Waals surface area contributed by atoms with E-state index in [4.69, 9.17) is 22.4 Å². The minimum atomic E-state index is -3.39. The number of benzene rings is 1. The highest BCUT2D eigenvalue weighted by Crippen LogP contribution is 2.21. The fraction of sp³-hybridized carbons (Fsp3) is 0.400. The summed E-state index contributed by atoms with van der Waals surface area (Å²) in [4.78, 5) is 0. The van der Waals surface area contributed by atoms with Crippen LogP contribution in [0.5, 0.6) is 0 Å². The molecular weight excluding hydrogens is 250 g/mol. The fourth-order valence-corrected chi connectivity index (χ4v) is 2.60. The van der Waals surface area contributed by atoms with Gasteiger partial charge in [-0.25, -0.2) is 8.42 Å². The molecule has 0 aliphatic carbocycles. The van der Waals surface area contributed by atoms with Gasteiger partial charge in [0.25, 0.3) is 0 Å². The van der Waals surface area contributed by atoms with E-state index in [9.17, 15) is 8.42 Å². The van der Waals surface area contributed by atoms with E-state index in [2.05, 4.69) is 0 Å². The molecule has 0 heterocycles. The maximum absolute atomic E-state index is 11.4. The first-order valence-electron chi connectivity index (χ1n) is 4.67. The Kier molecular flexibility index (Phi) is 4.32. The molecule has 0 unspecified atom stereocenters. The summed E-state index contributed by atoms with van der Waals surface area (Å²) >= 11 is 5.78. The van der Waals surface area contributed by atoms with Crippen LogP contribution in [-0.2, 0) is 9.84 Å². The molecule has 0 aliphatic heterocycles. The summed E-state index contributed by atoms with van der Waals surface area (Å²) < 4.78 is 22.8. The number of hydrogen-bond donors (Lipinski definition) is 2. The summed E-state index contributed by atoms with van der Waals surface area (Å²) in [6, 6.07) is 5.86. The van der Waals surface area contributed by atoms with Gasteiger partial charge in [0, 0.05) is 17.3 Å². The van der Waals surface area contributed by atoms with Crippen LogP contribution in [0.2, 0.25) is 5.02 Å². The van der Waals surface area contributed by atoms with E-state index in [-0.39, 0.29) is 0 Å². The van der Waals surface area contributed by atoms with Crippen molar-refractivity contribution in [3.63, 3.8) is 0 Å². The number of aliphatic hydroxyl groups is 1. The number of aliphatic hydroxyl groups excluding tert-OH is 1. The minimum Gasteiger partial charge on any atom is -0.395 e. The molecule has 0 amide bonds. The lowest BCUT2D eigenvalue weighted by atomic mass is 10.1. The van der Waals surface area contributed by atoms with Crippen LogP contribution in [0.3, 0.4) is 0 Å². The lowest BCUT2D eigenvalue weighted by Gasteiger charge is -2.20. The highest BCUT2D eigenvalue weighted by molar-refractivity contribution is 7.91. The third-order valence-corrected chi connectivity index (χ3v) is 4.14. The van der Waals surface area contributed by atoms with E-state index in [1.807, 2.05) is 0 Å². The molecule has 0 saturated carbocycles. The molecule has 1 rings (SSSR count). The second-order valence-corrected chi connectivity index (χ2v) is 6.33. The molecule has 90 valence electrons. The van der Waals surface area contributed by atoms with Gasteiger partial charge in [-0.3, -0.25) is 0 Å². The van der Waals surface area contributed by atoms with Crippen molar-refractivity contribution in [2.75, 3.05) is 12.9 Å². The quantitative estimate of drug-likeness (QED) is 0.840. The first kappa shape index (κ1) is 13.4. The van der Waals surface area contributed by atoms with Crippen molar-refractivity contribution in [2.45, 2.75) is 11.3 Å². The lowest BCUT2D eigenvalue weighted by Crippen LogP contribution is -2.36. The highest BCUT2D eigenvalue weighted by atomic mass is 35.5. The Morgan fingerprint density at radius 3 is 2.56 bits per heavy atom. The topological polar surface area (TPSA) is 80.4 Å². The smallest absolute Gasteiger partial charge is 0.154 e. The largest absolute Gasteiger partial charge is 0.395 e. The van der Waals surface area contributed by atoms with E-state index in [0.29, 0.717) is 10.6 Å². The summed E-state index contributed by atoms with van der Waals surface area (Å²) in [5, 5.41) is 8.55. The van der Waals surface area contributed by atoms with Crippen molar-refractivity contribution in [3.8, 4) is 0 Å². The van der Waals surface area contributed by atoms with E-state index >= 15 is 0 Å². The van der Waals surface area contributed by atoms with E-state index in [0.717, 1.165) is 6.26 Å². The number of sulfone groups is 1. The summed E-state index contributed by atoms with van der Waals surface area (Å²) in [5.74, 6) is 0. The second-order valence-electron chi connectivity index (χ2n) is 3.63. The Morgan fingerprint density at radius 1 is 1.50 bits per heavy atom. The van der Waals surface area contributed by atoms with Crippen molar-refractivity contribution in [3.05, 3.63) is 34.9 Å². The third kappa shape index (κ3) is 3.18. The van der Waals surface area contributed by atoms with Gasteiger partial charge in [-0.2, -0.15) is 0 Å². The molecule has 6 heteroatoms. The second kappa shape index (κ2) is 5.14. The first-order chi connectivity index (χ1) is 7.36. The van der Waals surface area contributed by atoms with Gasteiger partial charge in [-0.1, -0.05) is 23.7 Å². The van der Waals surface area contributed by atoms with Crippen molar-refractivity contribution < 1.29 is 13.5 Å². The molecule has 2 atom stereocenters. The van der Waals surface area contributed by atoms with Crippen molar-refractivity contribution >= 4 is 21.4 Å². The number of halogens is 1. The zero-order valence-corrected chi connectivity index (χ0v) is 10.4. The zero-order valence-electron chi connectivity index (χ0n) is 8.80. The molecule has 16 heavy (non-hydrogen) atoms. The molecule has 0 saturated heterocycles. The minimum absolute atomic E-state index is 0.484. The molecule has 0 aromatic heterocycles. The lowest BCUT2D eigenvalue weighted by molar-refractivity contribution is 0.278. The molecule has 3 N–H and O–H groups in total. The Balaban J connectivity index is 3.05. The third-order valence-electron chi connectivity index (χ3n) is 2.36. The predicted molar refractivity (Wildman–Crippen MR) is 64.1 cm³/mol. The van der Waals surface area contributed by atoms with Gasteiger partial charge in [-0.05, 0) is 17.7 Å². The van der Waals surface area contributed by atoms with Crippen LogP contribution in [0, 0.1) is 0 Å². The predicted octanol–water partition coefficient (Wildman–Crippen LogP) is 0.745. The molecule has 1 aromatic rings. The summed E-state index contributed by atoms with van der Waals surface area (Å²) in [5.41, 5.74) is 6.40. The van der Waals surface area contributed by atoms with Gasteiger partial charge in [0.1, 0.15) is 5.25 Å². The van der Waals surface area contributed by atoms with Crippen LogP contribution >= 0.6 is 11.6 Å². The van der Waals surface area contributed by atoms with Crippen LogP contribution in [0.1, 0.15) is 11.6 Å². The van der Waals surface area contributed by atoms with E-state index < -0.39 is 27.7 Å². The molecular formula is C10H14ClNO3S. The Bertz CT molecular complexity index is 461. The van der Waals surface area contributed by atoms with Crippen molar-refractivity contribution in [2.24, 2.45) is 5.73 Å². The van der Waals surface area contributed by atoms with Gasteiger partial charge in [-0.15, -0.1) is 0 Å². The molecule has 0 fully saturated rings. The van der Waals surface area contributed by atoms with E-state index in [1.165, 1.54) is 0 Å². The summed E-state index contributed by atoms with van der Waals surface area (Å²) in [7, 11) is -3.39. The average Bonchev–Trinajstić information content (AvgIpc) is 2.16. The van der Waals surface area contributed by atoms with Crippen LogP contribution in [0.25, 0.3) is 0 Å². The molecule has 0 aliphatic rings. The Hall–Kier alpha value is -0.620. The van der Waals surface area contributed by atoms with Crippen molar-refractivity contribution in [1.29, 1.82) is 0 Å². The molecule has 0 spiro atoms. The first-order valence-corrected chi connectivity index (χ1v) is 7.00. The van der Waals surface area contributed by atoms with Crippen LogP contribution in [0.4, 0.5) is 0 Å². The molecule has 0 bridgehead atoms. The monoisotopic (exact) mass is 263 g/mol. The normalized spacial score (nSPS) is 15.8. The molecule has 4 nitrogen and oxygen atoms in total. The Morgan fingerprint density at radius 2 is 2.12 bits per heavy atom. The zero-order chi connectivity index (χ0) is 12.3. The number of nitrogens with two attached hydrogens (primary N) is 1. The standard InChI is InChI=1S/C10H14ClNO3S/c1-16(14,15)9(6-13)10(12)7-3-2-4-8(11)5-7/h2-5,9-10,13H,6,12H2,1H3/t9-,10+/m1/s1.